The second-order valence-corrected chi connectivity index (χ2v) is 7.81. The molecule has 1 atom stereocenters. The van der Waals surface area contributed by atoms with Gasteiger partial charge in [-0.2, -0.15) is 4.98 Å². The predicted octanol–water partition coefficient (Wildman–Crippen LogP) is 5.09. The summed E-state index contributed by atoms with van der Waals surface area (Å²) in [6, 6.07) is 14.0. The number of nitrogens with zero attached hydrogens (tertiary/aromatic N) is 5. The Bertz CT molecular complexity index is 1150. The van der Waals surface area contributed by atoms with Crippen LogP contribution in [0.15, 0.2) is 57.8 Å². The number of fused-ring (bicyclic) bond motifs is 1. The Labute approximate surface area is 170 Å². The molecule has 0 saturated carbocycles. The van der Waals surface area contributed by atoms with Gasteiger partial charge in [0.1, 0.15) is 18.2 Å². The van der Waals surface area contributed by atoms with Crippen molar-refractivity contribution >= 4 is 32.7 Å². The number of aryl methyl sites for hydroxylation is 1. The third kappa shape index (κ3) is 2.86. The number of rotatable bonds is 3. The fourth-order valence-electron chi connectivity index (χ4n) is 3.88. The molecule has 7 heteroatoms. The van der Waals surface area contributed by atoms with Crippen LogP contribution in [0, 0.1) is 6.92 Å². The Morgan fingerprint density at radius 3 is 2.89 bits per heavy atom. The summed E-state index contributed by atoms with van der Waals surface area (Å²) in [5.74, 6) is 2.16. The van der Waals surface area contributed by atoms with Gasteiger partial charge in [0.05, 0.1) is 5.52 Å². The fraction of sp³-hybridized carbons (Fsp3) is 0.238. The number of hydrogen-bond donors (Lipinski definition) is 0. The van der Waals surface area contributed by atoms with Crippen LogP contribution in [0.3, 0.4) is 0 Å². The molecule has 5 rings (SSSR count). The quantitative estimate of drug-likeness (QED) is 0.446. The minimum absolute atomic E-state index is 0.0152. The maximum Gasteiger partial charge on any atom is 0.249 e. The molecular weight excluding hydrogens is 418 g/mol. The van der Waals surface area contributed by atoms with Crippen molar-refractivity contribution in [2.75, 3.05) is 11.4 Å². The number of anilines is 1. The first-order valence-electron chi connectivity index (χ1n) is 9.28. The zero-order chi connectivity index (χ0) is 19.1. The highest BCUT2D eigenvalue weighted by atomic mass is 79.9. The Morgan fingerprint density at radius 1 is 1.11 bits per heavy atom. The van der Waals surface area contributed by atoms with Crippen molar-refractivity contribution in [3.8, 4) is 11.4 Å². The molecule has 0 spiro atoms. The van der Waals surface area contributed by atoms with Gasteiger partial charge in [-0.1, -0.05) is 45.4 Å². The summed E-state index contributed by atoms with van der Waals surface area (Å²) in [5, 5.41) is 5.31. The lowest BCUT2D eigenvalue weighted by atomic mass is 10.1. The third-order valence-corrected chi connectivity index (χ3v) is 5.91. The van der Waals surface area contributed by atoms with Gasteiger partial charge < -0.3 is 9.42 Å². The molecule has 4 aromatic rings. The molecule has 0 bridgehead atoms. The molecule has 0 amide bonds. The first-order valence-corrected chi connectivity index (χ1v) is 10.1. The zero-order valence-corrected chi connectivity index (χ0v) is 16.9. The predicted molar refractivity (Wildman–Crippen MR) is 111 cm³/mol. The molecular formula is C21H18BrN5O. The van der Waals surface area contributed by atoms with E-state index in [0.717, 1.165) is 51.7 Å². The van der Waals surface area contributed by atoms with E-state index in [9.17, 15) is 0 Å². The Kier molecular flexibility index (Phi) is 4.31. The van der Waals surface area contributed by atoms with E-state index in [2.05, 4.69) is 48.9 Å². The largest absolute Gasteiger partial charge is 0.344 e. The Hall–Kier alpha value is -2.80. The van der Waals surface area contributed by atoms with E-state index in [1.54, 1.807) is 6.33 Å². The molecule has 1 unspecified atom stereocenters. The standard InChI is InChI=1S/C21H18BrN5O/c1-13-6-4-9-16-18(13)20(24-12-23-16)27-11-5-10-17(27)21-25-19(26-28-21)14-7-2-3-8-15(14)22/h2-4,6-9,12,17H,5,10-11H2,1H3. The van der Waals surface area contributed by atoms with Crippen LogP contribution in [0.1, 0.15) is 30.3 Å². The van der Waals surface area contributed by atoms with Gasteiger partial charge in [-0.05, 0) is 43.5 Å². The maximum absolute atomic E-state index is 5.69. The minimum atomic E-state index is 0.0152. The Morgan fingerprint density at radius 2 is 2.00 bits per heavy atom. The van der Waals surface area contributed by atoms with E-state index in [4.69, 9.17) is 9.51 Å². The molecule has 3 heterocycles. The zero-order valence-electron chi connectivity index (χ0n) is 15.3. The van der Waals surface area contributed by atoms with Crippen LogP contribution in [-0.4, -0.2) is 26.7 Å². The first kappa shape index (κ1) is 17.3. The lowest BCUT2D eigenvalue weighted by molar-refractivity contribution is 0.355. The van der Waals surface area contributed by atoms with Gasteiger partial charge in [-0.15, -0.1) is 0 Å². The van der Waals surface area contributed by atoms with Crippen molar-refractivity contribution in [2.24, 2.45) is 0 Å². The number of hydrogen-bond acceptors (Lipinski definition) is 6. The topological polar surface area (TPSA) is 67.9 Å². The summed E-state index contributed by atoms with van der Waals surface area (Å²) in [6.07, 6.45) is 3.64. The molecule has 6 nitrogen and oxygen atoms in total. The van der Waals surface area contributed by atoms with E-state index in [-0.39, 0.29) is 6.04 Å². The summed E-state index contributed by atoms with van der Waals surface area (Å²) >= 11 is 3.56. The molecule has 140 valence electrons. The van der Waals surface area contributed by atoms with Crippen molar-refractivity contribution in [2.45, 2.75) is 25.8 Å². The van der Waals surface area contributed by atoms with Gasteiger partial charge in [0.15, 0.2) is 0 Å². The van der Waals surface area contributed by atoms with Crippen molar-refractivity contribution in [1.29, 1.82) is 0 Å². The highest BCUT2D eigenvalue weighted by Crippen LogP contribution is 2.38. The molecule has 1 aliphatic heterocycles. The fourth-order valence-corrected chi connectivity index (χ4v) is 4.34. The summed E-state index contributed by atoms with van der Waals surface area (Å²) < 4.78 is 6.63. The number of halogens is 1. The van der Waals surface area contributed by atoms with E-state index in [0.29, 0.717) is 11.7 Å². The van der Waals surface area contributed by atoms with Crippen LogP contribution in [0.5, 0.6) is 0 Å². The molecule has 2 aromatic heterocycles. The van der Waals surface area contributed by atoms with E-state index >= 15 is 0 Å². The monoisotopic (exact) mass is 435 g/mol. The van der Waals surface area contributed by atoms with E-state index in [1.165, 1.54) is 0 Å². The third-order valence-electron chi connectivity index (χ3n) is 5.22. The van der Waals surface area contributed by atoms with E-state index < -0.39 is 0 Å². The normalized spacial score (nSPS) is 16.8. The minimum Gasteiger partial charge on any atom is -0.344 e. The van der Waals surface area contributed by atoms with Crippen molar-refractivity contribution < 1.29 is 4.52 Å². The lowest BCUT2D eigenvalue weighted by Crippen LogP contribution is -2.24. The molecule has 0 radical (unpaired) electrons. The molecule has 1 saturated heterocycles. The Balaban J connectivity index is 1.55. The van der Waals surface area contributed by atoms with Crippen LogP contribution in [0.4, 0.5) is 5.82 Å². The van der Waals surface area contributed by atoms with Crippen molar-refractivity contribution in [1.82, 2.24) is 20.1 Å². The summed E-state index contributed by atoms with van der Waals surface area (Å²) in [4.78, 5) is 16.0. The average molecular weight is 436 g/mol. The lowest BCUT2D eigenvalue weighted by Gasteiger charge is -2.24. The van der Waals surface area contributed by atoms with Crippen LogP contribution < -0.4 is 4.90 Å². The maximum atomic E-state index is 5.69. The highest BCUT2D eigenvalue weighted by Gasteiger charge is 2.33. The second-order valence-electron chi connectivity index (χ2n) is 6.95. The van der Waals surface area contributed by atoms with Crippen molar-refractivity contribution in [3.63, 3.8) is 0 Å². The molecule has 1 aliphatic rings. The van der Waals surface area contributed by atoms with Crippen LogP contribution >= 0.6 is 15.9 Å². The average Bonchev–Trinajstić information content (AvgIpc) is 3.37. The first-order chi connectivity index (χ1) is 13.7. The molecule has 0 N–H and O–H groups in total. The number of benzene rings is 2. The smallest absolute Gasteiger partial charge is 0.249 e. The van der Waals surface area contributed by atoms with Gasteiger partial charge in [-0.3, -0.25) is 0 Å². The van der Waals surface area contributed by atoms with Gasteiger partial charge in [0.25, 0.3) is 0 Å². The molecule has 1 fully saturated rings. The van der Waals surface area contributed by atoms with Gasteiger partial charge in [0, 0.05) is 22.0 Å². The highest BCUT2D eigenvalue weighted by molar-refractivity contribution is 9.10. The summed E-state index contributed by atoms with van der Waals surface area (Å²) in [5.41, 5.74) is 3.04. The summed E-state index contributed by atoms with van der Waals surface area (Å²) in [7, 11) is 0. The van der Waals surface area contributed by atoms with Gasteiger partial charge >= 0.3 is 0 Å². The van der Waals surface area contributed by atoms with Crippen molar-refractivity contribution in [3.05, 3.63) is 64.7 Å². The van der Waals surface area contributed by atoms with Gasteiger partial charge in [0.2, 0.25) is 11.7 Å². The second kappa shape index (κ2) is 6.98. The molecule has 0 aliphatic carbocycles. The van der Waals surface area contributed by atoms with Gasteiger partial charge in [-0.25, -0.2) is 9.97 Å². The summed E-state index contributed by atoms with van der Waals surface area (Å²) in [6.45, 7) is 3.00. The molecule has 2 aromatic carbocycles. The SMILES string of the molecule is Cc1cccc2ncnc(N3CCCC3c3nc(-c4ccccc4Br)no3)c12. The molecule has 28 heavy (non-hydrogen) atoms. The number of aromatic nitrogens is 4. The van der Waals surface area contributed by atoms with Crippen LogP contribution in [-0.2, 0) is 0 Å². The van der Waals surface area contributed by atoms with Crippen LogP contribution in [0.2, 0.25) is 0 Å². The van der Waals surface area contributed by atoms with E-state index in [1.807, 2.05) is 36.4 Å². The van der Waals surface area contributed by atoms with Crippen LogP contribution in [0.25, 0.3) is 22.3 Å².